The number of piperidine rings is 1. The van der Waals surface area contributed by atoms with E-state index in [1.165, 1.54) is 6.20 Å². The quantitative estimate of drug-likeness (QED) is 0.549. The summed E-state index contributed by atoms with van der Waals surface area (Å²) in [6.07, 6.45) is 2.92. The average molecular weight is 264 g/mol. The number of aromatic nitrogens is 1. The molecule has 6 heteroatoms. The molecule has 0 radical (unpaired) electrons. The zero-order chi connectivity index (χ0) is 13.8. The molecule has 1 aliphatic rings. The molecule has 0 saturated carbocycles. The summed E-state index contributed by atoms with van der Waals surface area (Å²) in [5.74, 6) is 6.05. The molecule has 1 aromatic rings. The van der Waals surface area contributed by atoms with E-state index in [9.17, 15) is 9.90 Å². The first-order valence-electron chi connectivity index (χ1n) is 6.52. The summed E-state index contributed by atoms with van der Waals surface area (Å²) in [5, 5.41) is 9.54. The number of nitrogens with one attached hydrogen (secondary N) is 1. The Morgan fingerprint density at radius 2 is 2.21 bits per heavy atom. The van der Waals surface area contributed by atoms with Gasteiger partial charge in [0.25, 0.3) is 5.91 Å². The molecule has 104 valence electrons. The van der Waals surface area contributed by atoms with E-state index in [1.807, 2.05) is 11.8 Å². The van der Waals surface area contributed by atoms with Gasteiger partial charge in [0, 0.05) is 19.3 Å². The highest BCUT2D eigenvalue weighted by atomic mass is 16.3. The van der Waals surface area contributed by atoms with Crippen LogP contribution in [0.1, 0.15) is 30.1 Å². The molecule has 1 amide bonds. The Bertz CT molecular complexity index is 425. The number of nitrogens with zero attached hydrogens (tertiary/aromatic N) is 2. The fourth-order valence-corrected chi connectivity index (χ4v) is 2.37. The van der Waals surface area contributed by atoms with Crippen LogP contribution in [-0.2, 0) is 0 Å². The average Bonchev–Trinajstić information content (AvgIpc) is 2.46. The Labute approximate surface area is 112 Å². The number of rotatable bonds is 3. The van der Waals surface area contributed by atoms with E-state index in [1.54, 1.807) is 12.1 Å². The number of nitrogen functional groups attached to an aromatic ring is 1. The standard InChI is InChI=1S/C13H20N4O2/c1-9(18)10-4-6-17(7-5-10)13(19)11-2-3-12(16-14)15-8-11/h2-3,8-10,18H,4-7,14H2,1H3,(H,15,16). The Balaban J connectivity index is 1.97. The number of pyridine rings is 1. The number of aliphatic hydroxyl groups excluding tert-OH is 1. The van der Waals surface area contributed by atoms with E-state index in [0.29, 0.717) is 30.4 Å². The Kier molecular flexibility index (Phi) is 4.34. The van der Waals surface area contributed by atoms with Crippen molar-refractivity contribution in [3.8, 4) is 0 Å². The third-order valence-electron chi connectivity index (χ3n) is 3.67. The monoisotopic (exact) mass is 264 g/mol. The molecule has 1 fully saturated rings. The van der Waals surface area contributed by atoms with Gasteiger partial charge in [-0.25, -0.2) is 10.8 Å². The zero-order valence-electron chi connectivity index (χ0n) is 11.0. The molecule has 1 aliphatic heterocycles. The molecule has 1 atom stereocenters. The largest absolute Gasteiger partial charge is 0.393 e. The fraction of sp³-hybridized carbons (Fsp3) is 0.538. The Morgan fingerprint density at radius 3 is 2.68 bits per heavy atom. The van der Waals surface area contributed by atoms with Gasteiger partial charge in [-0.05, 0) is 37.8 Å². The molecule has 1 saturated heterocycles. The first-order valence-corrected chi connectivity index (χ1v) is 6.52. The molecule has 2 rings (SSSR count). The lowest BCUT2D eigenvalue weighted by atomic mass is 9.92. The van der Waals surface area contributed by atoms with Crippen LogP contribution < -0.4 is 11.3 Å². The normalized spacial score (nSPS) is 18.2. The van der Waals surface area contributed by atoms with Gasteiger partial charge in [-0.15, -0.1) is 0 Å². The van der Waals surface area contributed by atoms with Crippen LogP contribution in [0.3, 0.4) is 0 Å². The summed E-state index contributed by atoms with van der Waals surface area (Å²) in [6.45, 7) is 3.18. The van der Waals surface area contributed by atoms with Gasteiger partial charge in [-0.3, -0.25) is 4.79 Å². The smallest absolute Gasteiger partial charge is 0.255 e. The number of anilines is 1. The van der Waals surface area contributed by atoms with Gasteiger partial charge in [0.05, 0.1) is 11.7 Å². The van der Waals surface area contributed by atoms with Gasteiger partial charge >= 0.3 is 0 Å². The van der Waals surface area contributed by atoms with Gasteiger partial charge in [-0.1, -0.05) is 0 Å². The highest BCUT2D eigenvalue weighted by molar-refractivity contribution is 5.94. The zero-order valence-corrected chi connectivity index (χ0v) is 11.0. The van der Waals surface area contributed by atoms with Crippen LogP contribution in [0, 0.1) is 5.92 Å². The molecular formula is C13H20N4O2. The molecule has 4 N–H and O–H groups in total. The van der Waals surface area contributed by atoms with Crippen molar-refractivity contribution in [3.63, 3.8) is 0 Å². The highest BCUT2D eigenvalue weighted by Gasteiger charge is 2.26. The van der Waals surface area contributed by atoms with Gasteiger partial charge in [0.2, 0.25) is 0 Å². The van der Waals surface area contributed by atoms with E-state index in [0.717, 1.165) is 12.8 Å². The summed E-state index contributed by atoms with van der Waals surface area (Å²) < 4.78 is 0. The SMILES string of the molecule is CC(O)C1CCN(C(=O)c2ccc(NN)nc2)CC1. The van der Waals surface area contributed by atoms with Gasteiger partial charge in [0.1, 0.15) is 5.82 Å². The third-order valence-corrected chi connectivity index (χ3v) is 3.67. The van der Waals surface area contributed by atoms with Crippen LogP contribution in [0.15, 0.2) is 18.3 Å². The van der Waals surface area contributed by atoms with E-state index >= 15 is 0 Å². The molecule has 2 heterocycles. The first kappa shape index (κ1) is 13.8. The summed E-state index contributed by atoms with van der Waals surface area (Å²) in [7, 11) is 0. The number of likely N-dealkylation sites (tertiary alicyclic amines) is 1. The molecule has 19 heavy (non-hydrogen) atoms. The topological polar surface area (TPSA) is 91.5 Å². The third kappa shape index (κ3) is 3.21. The van der Waals surface area contributed by atoms with Crippen LogP contribution in [0.25, 0.3) is 0 Å². The number of aliphatic hydroxyl groups is 1. The van der Waals surface area contributed by atoms with Gasteiger partial charge < -0.3 is 15.4 Å². The van der Waals surface area contributed by atoms with Crippen LogP contribution in [0.2, 0.25) is 0 Å². The van der Waals surface area contributed by atoms with Crippen LogP contribution in [0.5, 0.6) is 0 Å². The predicted molar refractivity (Wildman–Crippen MR) is 72.4 cm³/mol. The lowest BCUT2D eigenvalue weighted by Crippen LogP contribution is -2.40. The fourth-order valence-electron chi connectivity index (χ4n) is 2.37. The minimum absolute atomic E-state index is 0.0138. The number of hydrazine groups is 1. The lowest BCUT2D eigenvalue weighted by Gasteiger charge is -2.33. The van der Waals surface area contributed by atoms with Crippen molar-refractivity contribution in [2.45, 2.75) is 25.9 Å². The molecule has 0 aliphatic carbocycles. The second-order valence-electron chi connectivity index (χ2n) is 4.95. The molecule has 0 spiro atoms. The second kappa shape index (κ2) is 5.99. The summed E-state index contributed by atoms with van der Waals surface area (Å²) in [6, 6.07) is 3.39. The molecule has 0 bridgehead atoms. The maximum Gasteiger partial charge on any atom is 0.255 e. The minimum atomic E-state index is -0.297. The van der Waals surface area contributed by atoms with Crippen LogP contribution >= 0.6 is 0 Å². The van der Waals surface area contributed by atoms with E-state index in [-0.39, 0.29) is 12.0 Å². The van der Waals surface area contributed by atoms with Crippen molar-refractivity contribution in [1.29, 1.82) is 0 Å². The molecule has 0 aromatic carbocycles. The molecule has 1 unspecified atom stereocenters. The number of carbonyl (C=O) groups excluding carboxylic acids is 1. The summed E-state index contributed by atoms with van der Waals surface area (Å²) >= 11 is 0. The molecule has 6 nitrogen and oxygen atoms in total. The maximum absolute atomic E-state index is 12.2. The van der Waals surface area contributed by atoms with Crippen LogP contribution in [0.4, 0.5) is 5.82 Å². The van der Waals surface area contributed by atoms with Crippen molar-refractivity contribution in [1.82, 2.24) is 9.88 Å². The van der Waals surface area contributed by atoms with Crippen molar-refractivity contribution < 1.29 is 9.90 Å². The van der Waals surface area contributed by atoms with Gasteiger partial charge in [0.15, 0.2) is 0 Å². The number of nitrogens with two attached hydrogens (primary N) is 1. The predicted octanol–water partition coefficient (Wildman–Crippen LogP) is 0.600. The second-order valence-corrected chi connectivity index (χ2v) is 4.95. The minimum Gasteiger partial charge on any atom is -0.393 e. The molecule has 1 aromatic heterocycles. The van der Waals surface area contributed by atoms with E-state index in [4.69, 9.17) is 5.84 Å². The number of amides is 1. The van der Waals surface area contributed by atoms with E-state index in [2.05, 4.69) is 10.4 Å². The lowest BCUT2D eigenvalue weighted by molar-refractivity contribution is 0.0521. The van der Waals surface area contributed by atoms with Gasteiger partial charge in [-0.2, -0.15) is 0 Å². The van der Waals surface area contributed by atoms with E-state index < -0.39 is 0 Å². The van der Waals surface area contributed by atoms with Crippen molar-refractivity contribution in [2.24, 2.45) is 11.8 Å². The van der Waals surface area contributed by atoms with Crippen LogP contribution in [-0.4, -0.2) is 40.1 Å². The highest BCUT2D eigenvalue weighted by Crippen LogP contribution is 2.21. The van der Waals surface area contributed by atoms with Crippen molar-refractivity contribution in [3.05, 3.63) is 23.9 Å². The summed E-state index contributed by atoms with van der Waals surface area (Å²) in [5.41, 5.74) is 2.99. The number of hydrogen-bond donors (Lipinski definition) is 3. The number of hydrogen-bond acceptors (Lipinski definition) is 5. The maximum atomic E-state index is 12.2. The number of carbonyl (C=O) groups is 1. The first-order chi connectivity index (χ1) is 9.11. The Morgan fingerprint density at radius 1 is 1.53 bits per heavy atom. The summed E-state index contributed by atoms with van der Waals surface area (Å²) in [4.78, 5) is 18.1. The Hall–Kier alpha value is -1.66. The molecular weight excluding hydrogens is 244 g/mol. The van der Waals surface area contributed by atoms with Crippen molar-refractivity contribution in [2.75, 3.05) is 18.5 Å². The van der Waals surface area contributed by atoms with Crippen molar-refractivity contribution >= 4 is 11.7 Å².